The molecule has 0 amide bonds. The highest BCUT2D eigenvalue weighted by atomic mass is 16.6. The van der Waals surface area contributed by atoms with Gasteiger partial charge in [-0.25, -0.2) is 4.79 Å². The Labute approximate surface area is 228 Å². The van der Waals surface area contributed by atoms with Crippen molar-refractivity contribution in [3.8, 4) is 0 Å². The molecule has 1 heterocycles. The molecule has 0 bridgehead atoms. The van der Waals surface area contributed by atoms with Crippen LogP contribution >= 0.6 is 0 Å². The van der Waals surface area contributed by atoms with E-state index in [-0.39, 0.29) is 48.1 Å². The summed E-state index contributed by atoms with van der Waals surface area (Å²) in [5.41, 5.74) is -1.23. The van der Waals surface area contributed by atoms with Gasteiger partial charge in [-0.05, 0) is 60.8 Å². The van der Waals surface area contributed by atoms with E-state index >= 15 is 0 Å². The lowest BCUT2D eigenvalue weighted by Crippen LogP contribution is -2.31. The van der Waals surface area contributed by atoms with Gasteiger partial charge in [-0.1, -0.05) is 27.4 Å². The van der Waals surface area contributed by atoms with E-state index in [4.69, 9.17) is 14.2 Å². The first-order chi connectivity index (χ1) is 17.4. The summed E-state index contributed by atoms with van der Waals surface area (Å²) in [6.45, 7) is 20.9. The minimum Gasteiger partial charge on any atom is -0.469 e. The number of epoxide rings is 1. The molecule has 38 heavy (non-hydrogen) atoms. The summed E-state index contributed by atoms with van der Waals surface area (Å²) in [6, 6.07) is 0. The van der Waals surface area contributed by atoms with Crippen LogP contribution in [0.25, 0.3) is 0 Å². The van der Waals surface area contributed by atoms with Crippen molar-refractivity contribution in [2.45, 2.75) is 93.8 Å². The van der Waals surface area contributed by atoms with Crippen molar-refractivity contribution in [1.82, 2.24) is 0 Å². The molecule has 0 aromatic rings. The fourth-order valence-electron chi connectivity index (χ4n) is 1.89. The van der Waals surface area contributed by atoms with Crippen LogP contribution in [0.1, 0.15) is 81.6 Å². The summed E-state index contributed by atoms with van der Waals surface area (Å²) in [6.07, 6.45) is 2.42. The zero-order valence-electron chi connectivity index (χ0n) is 25.0. The third kappa shape index (κ3) is 16.4. The monoisotopic (exact) mass is 546 g/mol. The molecule has 0 radical (unpaired) electrons. The van der Waals surface area contributed by atoms with Gasteiger partial charge < -0.3 is 28.8 Å². The van der Waals surface area contributed by atoms with E-state index in [2.05, 4.69) is 16.1 Å². The Bertz CT molecular complexity index is 751. The van der Waals surface area contributed by atoms with Gasteiger partial charge >= 0.3 is 23.9 Å². The fraction of sp³-hybridized carbons (Fsp3) is 0.786. The molecule has 1 fully saturated rings. The predicted molar refractivity (Wildman–Crippen MR) is 143 cm³/mol. The van der Waals surface area contributed by atoms with Gasteiger partial charge in [-0.3, -0.25) is 14.4 Å². The lowest BCUT2D eigenvalue weighted by Gasteiger charge is -2.21. The predicted octanol–water partition coefficient (Wildman–Crippen LogP) is 4.02. The molecule has 0 aliphatic carbocycles. The third-order valence-corrected chi connectivity index (χ3v) is 6.29. The summed E-state index contributed by atoms with van der Waals surface area (Å²) in [4.78, 5) is 44.4. The van der Waals surface area contributed by atoms with Crippen molar-refractivity contribution in [3.05, 3.63) is 12.7 Å². The number of rotatable bonds is 13. The number of esters is 4. The number of ether oxygens (including phenoxy) is 5. The van der Waals surface area contributed by atoms with Gasteiger partial charge in [0.2, 0.25) is 0 Å². The van der Waals surface area contributed by atoms with E-state index in [1.54, 1.807) is 13.8 Å². The summed E-state index contributed by atoms with van der Waals surface area (Å²) in [7, 11) is 1.42. The molecule has 1 aliphatic heterocycles. The van der Waals surface area contributed by atoms with E-state index in [0.717, 1.165) is 25.5 Å². The molecular formula is C28H50O10. The van der Waals surface area contributed by atoms with Crippen LogP contribution in [0.5, 0.6) is 0 Å². The first-order valence-corrected chi connectivity index (χ1v) is 13.0. The van der Waals surface area contributed by atoms with E-state index in [9.17, 15) is 24.3 Å². The van der Waals surface area contributed by atoms with Crippen molar-refractivity contribution in [2.75, 3.05) is 33.5 Å². The normalized spacial score (nSPS) is 15.3. The molecule has 1 N–H and O–H groups in total. The van der Waals surface area contributed by atoms with Crippen LogP contribution in [0, 0.1) is 16.2 Å². The lowest BCUT2D eigenvalue weighted by molar-refractivity contribution is -0.159. The minimum atomic E-state index is -1.02. The highest BCUT2D eigenvalue weighted by molar-refractivity contribution is 5.81. The van der Waals surface area contributed by atoms with Gasteiger partial charge in [0.05, 0.1) is 30.0 Å². The maximum absolute atomic E-state index is 11.5. The number of carbonyl (C=O) groups is 4. The number of methoxy groups -OCH3 is 1. The van der Waals surface area contributed by atoms with E-state index in [1.807, 2.05) is 48.5 Å². The van der Waals surface area contributed by atoms with Crippen LogP contribution in [0.15, 0.2) is 12.7 Å². The van der Waals surface area contributed by atoms with E-state index in [0.29, 0.717) is 13.0 Å². The Kier molecular flexibility index (Phi) is 17.8. The molecule has 0 saturated carbocycles. The van der Waals surface area contributed by atoms with Gasteiger partial charge in [0.1, 0.15) is 32.0 Å². The van der Waals surface area contributed by atoms with Crippen LogP contribution in [-0.2, 0) is 42.9 Å². The van der Waals surface area contributed by atoms with Gasteiger partial charge in [0.15, 0.2) is 0 Å². The van der Waals surface area contributed by atoms with Gasteiger partial charge in [-0.15, -0.1) is 0 Å². The number of carbonyl (C=O) groups excluding carboxylic acids is 4. The average Bonchev–Trinajstić information content (AvgIpc) is 3.73. The molecule has 10 nitrogen and oxygen atoms in total. The van der Waals surface area contributed by atoms with E-state index < -0.39 is 17.5 Å². The van der Waals surface area contributed by atoms with Crippen molar-refractivity contribution in [2.24, 2.45) is 16.2 Å². The standard InChI is InChI=1S/C12H20O5.C9H16O3.C7H14O2/c1-5-10(14)16-7-9(13)8-17-11(15)12(3,4)6-2;1-4-9(2,3)8(10)12-6-7-5-11-7;1-5-7(2,3)6(8)9-4/h5,9,13H,1,6-8H2,2-4H3;7H,4-6H2,1-3H3;5H2,1-4H3. The summed E-state index contributed by atoms with van der Waals surface area (Å²) in [5.74, 6) is -1.26. The Morgan fingerprint density at radius 3 is 1.58 bits per heavy atom. The maximum Gasteiger partial charge on any atom is 0.330 e. The molecule has 0 aromatic carbocycles. The van der Waals surface area contributed by atoms with Crippen LogP contribution in [-0.4, -0.2) is 74.7 Å². The molecule has 0 aromatic heterocycles. The summed E-state index contributed by atoms with van der Waals surface area (Å²) in [5, 5.41) is 9.39. The largest absolute Gasteiger partial charge is 0.469 e. The lowest BCUT2D eigenvalue weighted by atomic mass is 9.91. The van der Waals surface area contributed by atoms with Crippen molar-refractivity contribution in [1.29, 1.82) is 0 Å². The Balaban J connectivity index is 0. The topological polar surface area (TPSA) is 138 Å². The Morgan fingerprint density at radius 2 is 1.24 bits per heavy atom. The molecule has 0 spiro atoms. The van der Waals surface area contributed by atoms with Crippen LogP contribution in [0.2, 0.25) is 0 Å². The second-order valence-corrected chi connectivity index (χ2v) is 10.8. The first kappa shape index (κ1) is 37.7. The molecule has 1 saturated heterocycles. The first-order valence-electron chi connectivity index (χ1n) is 13.0. The van der Waals surface area contributed by atoms with Crippen LogP contribution in [0.3, 0.4) is 0 Å². The highest BCUT2D eigenvalue weighted by Crippen LogP contribution is 2.23. The van der Waals surface area contributed by atoms with E-state index in [1.165, 1.54) is 7.11 Å². The van der Waals surface area contributed by atoms with Crippen molar-refractivity contribution in [3.63, 3.8) is 0 Å². The minimum absolute atomic E-state index is 0.125. The van der Waals surface area contributed by atoms with Crippen LogP contribution in [0.4, 0.5) is 0 Å². The molecule has 1 aliphatic rings. The molecule has 1 rings (SSSR count). The van der Waals surface area contributed by atoms with Crippen LogP contribution < -0.4 is 0 Å². The third-order valence-electron chi connectivity index (χ3n) is 6.29. The number of hydrogen-bond acceptors (Lipinski definition) is 10. The maximum atomic E-state index is 11.5. The number of hydrogen-bond donors (Lipinski definition) is 1. The fourth-order valence-corrected chi connectivity index (χ4v) is 1.89. The Morgan fingerprint density at radius 1 is 0.842 bits per heavy atom. The van der Waals surface area contributed by atoms with Crippen molar-refractivity contribution >= 4 is 23.9 Å². The zero-order valence-corrected chi connectivity index (χ0v) is 25.0. The second-order valence-electron chi connectivity index (χ2n) is 10.8. The average molecular weight is 547 g/mol. The second kappa shape index (κ2) is 17.9. The van der Waals surface area contributed by atoms with Gasteiger partial charge in [0, 0.05) is 6.08 Å². The summed E-state index contributed by atoms with van der Waals surface area (Å²) < 4.78 is 24.1. The smallest absolute Gasteiger partial charge is 0.330 e. The molecule has 2 atom stereocenters. The highest BCUT2D eigenvalue weighted by Gasteiger charge is 2.31. The SMILES string of the molecule is C=CC(=O)OCC(O)COC(=O)C(C)(C)CC.CCC(C)(C)C(=O)OC.CCC(C)(C)C(=O)OCC1CO1. The van der Waals surface area contributed by atoms with Gasteiger partial charge in [0.25, 0.3) is 0 Å². The molecule has 2 unspecified atom stereocenters. The van der Waals surface area contributed by atoms with Crippen molar-refractivity contribution < 1.29 is 48.0 Å². The molecule has 222 valence electrons. The number of aliphatic hydroxyl groups excluding tert-OH is 1. The zero-order chi connectivity index (χ0) is 30.2. The molecular weight excluding hydrogens is 496 g/mol. The number of aliphatic hydroxyl groups is 1. The Hall–Kier alpha value is -2.46. The summed E-state index contributed by atoms with van der Waals surface area (Å²) >= 11 is 0. The molecule has 10 heteroatoms. The quantitative estimate of drug-likeness (QED) is 0.156. The van der Waals surface area contributed by atoms with Gasteiger partial charge in [-0.2, -0.15) is 0 Å².